The smallest absolute Gasteiger partial charge is 0.316 e. The van der Waals surface area contributed by atoms with Gasteiger partial charge in [0, 0.05) is 29.8 Å². The van der Waals surface area contributed by atoms with Crippen molar-refractivity contribution < 1.29 is 28.1 Å². The van der Waals surface area contributed by atoms with Crippen LogP contribution < -0.4 is 24.3 Å². The molecule has 14 heteroatoms. The molecule has 3 aromatic heterocycles. The van der Waals surface area contributed by atoms with Gasteiger partial charge in [-0.3, -0.25) is 4.79 Å². The van der Waals surface area contributed by atoms with Crippen LogP contribution in [0.5, 0.6) is 29.1 Å². The molecular formula is C30H27FN8O5. The normalized spacial score (nSPS) is 12.8. The van der Waals surface area contributed by atoms with Crippen molar-refractivity contribution in [1.82, 2.24) is 34.6 Å². The molecule has 1 saturated heterocycles. The number of aromatic nitrogens is 6. The molecule has 224 valence electrons. The molecule has 1 fully saturated rings. The van der Waals surface area contributed by atoms with Crippen molar-refractivity contribution in [1.29, 1.82) is 0 Å². The first-order valence-corrected chi connectivity index (χ1v) is 13.6. The van der Waals surface area contributed by atoms with E-state index in [1.165, 1.54) is 36.3 Å². The van der Waals surface area contributed by atoms with Crippen LogP contribution in [0.4, 0.5) is 15.9 Å². The van der Waals surface area contributed by atoms with Gasteiger partial charge < -0.3 is 29.2 Å². The highest BCUT2D eigenvalue weighted by Gasteiger charge is 2.31. The zero-order valence-corrected chi connectivity index (χ0v) is 23.8. The summed E-state index contributed by atoms with van der Waals surface area (Å²) in [5.41, 5.74) is 1.35. The van der Waals surface area contributed by atoms with Gasteiger partial charge in [0.2, 0.25) is 11.8 Å². The van der Waals surface area contributed by atoms with Crippen molar-refractivity contribution in [2.75, 3.05) is 32.1 Å². The van der Waals surface area contributed by atoms with Crippen LogP contribution in [0.25, 0.3) is 16.6 Å². The van der Waals surface area contributed by atoms with E-state index in [-0.39, 0.29) is 35.3 Å². The maximum atomic E-state index is 15.2. The number of nitrogens with one attached hydrogen (secondary N) is 1. The molecule has 0 unspecified atom stereocenters. The topological polar surface area (TPSA) is 139 Å². The summed E-state index contributed by atoms with van der Waals surface area (Å²) in [4.78, 5) is 30.3. The Morgan fingerprint density at radius 3 is 2.66 bits per heavy atom. The fourth-order valence-electron chi connectivity index (χ4n) is 4.46. The summed E-state index contributed by atoms with van der Waals surface area (Å²) in [5, 5.41) is 7.97. The van der Waals surface area contributed by atoms with Gasteiger partial charge in [0.25, 0.3) is 0 Å². The molecule has 4 heterocycles. The van der Waals surface area contributed by atoms with Crippen LogP contribution in [0, 0.1) is 5.82 Å². The minimum atomic E-state index is -0.569. The molecule has 1 N–H and O–H groups in total. The van der Waals surface area contributed by atoms with Gasteiger partial charge in [-0.2, -0.15) is 0 Å². The van der Waals surface area contributed by atoms with Crippen molar-refractivity contribution in [2.45, 2.75) is 13.0 Å². The highest BCUT2D eigenvalue weighted by atomic mass is 19.1. The van der Waals surface area contributed by atoms with E-state index in [0.29, 0.717) is 53.6 Å². The summed E-state index contributed by atoms with van der Waals surface area (Å²) < 4.78 is 39.4. The maximum Gasteiger partial charge on any atom is 0.316 e. The van der Waals surface area contributed by atoms with Crippen LogP contribution >= 0.6 is 0 Å². The van der Waals surface area contributed by atoms with Crippen molar-refractivity contribution in [3.63, 3.8) is 0 Å². The Morgan fingerprint density at radius 1 is 1.11 bits per heavy atom. The largest absolute Gasteiger partial charge is 0.493 e. The molecule has 13 nitrogen and oxygen atoms in total. The first kappa shape index (κ1) is 28.3. The Balaban J connectivity index is 1.17. The Bertz CT molecular complexity index is 1820. The van der Waals surface area contributed by atoms with Crippen LogP contribution in [0.3, 0.4) is 0 Å². The van der Waals surface area contributed by atoms with Crippen LogP contribution in [-0.2, 0) is 4.79 Å². The highest BCUT2D eigenvalue weighted by Crippen LogP contribution is 2.37. The molecule has 5 aromatic rings. The molecular weight excluding hydrogens is 571 g/mol. The molecule has 1 aliphatic rings. The van der Waals surface area contributed by atoms with E-state index >= 15 is 4.39 Å². The number of likely N-dealkylation sites (tertiary alicyclic amines) is 1. The molecule has 2 aromatic carbocycles. The molecule has 6 rings (SSSR count). The van der Waals surface area contributed by atoms with E-state index in [0.717, 1.165) is 0 Å². The predicted octanol–water partition coefficient (Wildman–Crippen LogP) is 4.46. The van der Waals surface area contributed by atoms with Gasteiger partial charge in [-0.05, 0) is 31.2 Å². The molecule has 0 atom stereocenters. The zero-order valence-electron chi connectivity index (χ0n) is 23.8. The molecule has 1 amide bonds. The number of halogens is 1. The Hall–Kier alpha value is -5.79. The number of anilines is 2. The fraction of sp³-hybridized carbons (Fsp3) is 0.200. The van der Waals surface area contributed by atoms with Gasteiger partial charge in [-0.1, -0.05) is 6.58 Å². The van der Waals surface area contributed by atoms with Gasteiger partial charge in [0.1, 0.15) is 35.5 Å². The Morgan fingerprint density at radius 2 is 1.93 bits per heavy atom. The van der Waals surface area contributed by atoms with E-state index in [4.69, 9.17) is 18.9 Å². The van der Waals surface area contributed by atoms with Gasteiger partial charge in [0.15, 0.2) is 11.5 Å². The van der Waals surface area contributed by atoms with Crippen molar-refractivity contribution in [2.24, 2.45) is 0 Å². The Kier molecular flexibility index (Phi) is 7.86. The summed E-state index contributed by atoms with van der Waals surface area (Å²) in [7, 11) is 1.53. The molecule has 0 aliphatic carbocycles. The van der Waals surface area contributed by atoms with Gasteiger partial charge in [0.05, 0.1) is 50.4 Å². The summed E-state index contributed by atoms with van der Waals surface area (Å²) >= 11 is 0. The van der Waals surface area contributed by atoms with E-state index in [2.05, 4.69) is 36.9 Å². The van der Waals surface area contributed by atoms with Crippen LogP contribution in [0.15, 0.2) is 74.0 Å². The number of fused-ring (bicyclic) bond motifs is 1. The van der Waals surface area contributed by atoms with E-state index in [1.54, 1.807) is 47.8 Å². The second-order valence-electron chi connectivity index (χ2n) is 9.55. The highest BCUT2D eigenvalue weighted by molar-refractivity contribution is 5.93. The maximum absolute atomic E-state index is 15.2. The lowest BCUT2D eigenvalue weighted by atomic mass is 10.1. The minimum Gasteiger partial charge on any atom is -0.493 e. The van der Waals surface area contributed by atoms with Crippen molar-refractivity contribution >= 4 is 28.3 Å². The monoisotopic (exact) mass is 598 g/mol. The lowest BCUT2D eigenvalue weighted by Crippen LogP contribution is -2.55. The zero-order chi connectivity index (χ0) is 30.6. The number of amides is 1. The second kappa shape index (κ2) is 12.2. The third-order valence-electron chi connectivity index (χ3n) is 6.68. The minimum absolute atomic E-state index is 0.151. The SMILES string of the molecule is C=CC(=O)N1CC(Oc2cc3c(Nc4ccc(Oc5ccn(-c6cnc(OCC)nc6)n5)cc4F)ncnc3cc2OC)C1. The van der Waals surface area contributed by atoms with Gasteiger partial charge in [-0.25, -0.2) is 29.0 Å². The summed E-state index contributed by atoms with van der Waals surface area (Å²) in [6.45, 7) is 6.68. The lowest BCUT2D eigenvalue weighted by molar-refractivity contribution is -0.134. The number of carbonyl (C=O) groups is 1. The number of benzene rings is 2. The fourth-order valence-corrected chi connectivity index (χ4v) is 4.46. The number of nitrogens with zero attached hydrogens (tertiary/aromatic N) is 7. The number of methoxy groups -OCH3 is 1. The molecule has 0 bridgehead atoms. The first-order chi connectivity index (χ1) is 21.4. The third-order valence-corrected chi connectivity index (χ3v) is 6.68. The second-order valence-corrected chi connectivity index (χ2v) is 9.55. The van der Waals surface area contributed by atoms with E-state index in [1.807, 2.05) is 6.92 Å². The first-order valence-electron chi connectivity index (χ1n) is 13.6. The molecule has 0 saturated carbocycles. The van der Waals surface area contributed by atoms with Crippen LogP contribution in [-0.4, -0.2) is 73.4 Å². The molecule has 44 heavy (non-hydrogen) atoms. The van der Waals surface area contributed by atoms with Crippen molar-refractivity contribution in [3.05, 3.63) is 79.8 Å². The average molecular weight is 599 g/mol. The standard InChI is InChI=1S/C30H27FN8O5/c1-4-28(40)38-15-20(16-38)43-26-11-21-24(12-25(26)41-3)34-17-35-29(21)36-23-7-6-19(10-22(23)31)44-27-8-9-39(37-27)18-13-32-30(33-14-18)42-5-2/h4,6-14,17,20H,1,5,15-16H2,2-3H3,(H,34,35,36). The van der Waals surface area contributed by atoms with Crippen LogP contribution in [0.2, 0.25) is 0 Å². The lowest BCUT2D eigenvalue weighted by Gasteiger charge is -2.38. The van der Waals surface area contributed by atoms with E-state index < -0.39 is 5.82 Å². The number of hydrogen-bond acceptors (Lipinski definition) is 11. The molecule has 0 spiro atoms. The average Bonchev–Trinajstić information content (AvgIpc) is 3.48. The molecule has 1 aliphatic heterocycles. The summed E-state index contributed by atoms with van der Waals surface area (Å²) in [5.74, 6) is 1.07. The number of rotatable bonds is 11. The number of hydrogen-bond donors (Lipinski definition) is 1. The molecule has 0 radical (unpaired) electrons. The third kappa shape index (κ3) is 5.90. The summed E-state index contributed by atoms with van der Waals surface area (Å²) in [6.07, 6.45) is 7.26. The Labute approximate surface area is 250 Å². The predicted molar refractivity (Wildman–Crippen MR) is 157 cm³/mol. The summed E-state index contributed by atoms with van der Waals surface area (Å²) in [6, 6.07) is 9.75. The van der Waals surface area contributed by atoms with Gasteiger partial charge in [-0.15, -0.1) is 5.10 Å². The van der Waals surface area contributed by atoms with E-state index in [9.17, 15) is 4.79 Å². The number of ether oxygens (including phenoxy) is 4. The number of carbonyl (C=O) groups excluding carboxylic acids is 1. The van der Waals surface area contributed by atoms with Gasteiger partial charge >= 0.3 is 6.01 Å². The quantitative estimate of drug-likeness (QED) is 0.216. The van der Waals surface area contributed by atoms with Crippen molar-refractivity contribution in [3.8, 4) is 34.8 Å². The van der Waals surface area contributed by atoms with Crippen LogP contribution in [0.1, 0.15) is 6.92 Å².